The summed E-state index contributed by atoms with van der Waals surface area (Å²) in [6, 6.07) is 0. The molecular weight excluding hydrogens is 555 g/mol. The Morgan fingerprint density at radius 2 is 0.469 bits per heavy atom. The van der Waals surface area contributed by atoms with Gasteiger partial charge in [-0.25, -0.2) is 0 Å². The van der Waals surface area contributed by atoms with Crippen LogP contribution in [0.25, 0.3) is 0 Å². The van der Waals surface area contributed by atoms with Crippen molar-refractivity contribution in [1.29, 1.82) is 0 Å². The quantitative estimate of drug-likeness (QED) is 0.198. The topological polar surface area (TPSA) is 0 Å². The molecule has 2 rings (SSSR count). The molecule has 0 bridgehead atoms. The van der Waals surface area contributed by atoms with E-state index in [9.17, 15) is 51.8 Å². The number of halogens is 12. The Morgan fingerprint density at radius 1 is 0.344 bits per heavy atom. The first-order chi connectivity index (χ1) is 14.0. The van der Waals surface area contributed by atoms with Gasteiger partial charge in [0.1, 0.15) is 0 Å². The second-order valence-electron chi connectivity index (χ2n) is 5.77. The second kappa shape index (κ2) is 23.1. The van der Waals surface area contributed by atoms with Crippen molar-refractivity contribution in [2.24, 2.45) is 0 Å². The van der Waals surface area contributed by atoms with Crippen LogP contribution >= 0.6 is 0 Å². The molecule has 2 aliphatic rings. The normalized spacial score (nSPS) is 19.6. The van der Waals surface area contributed by atoms with Crippen LogP contribution in [0.3, 0.4) is 0 Å². The first-order valence-corrected chi connectivity index (χ1v) is 9.25. The van der Waals surface area contributed by atoms with E-state index in [0.29, 0.717) is 0 Å². The van der Waals surface area contributed by atoms with E-state index in [0.717, 1.165) is 0 Å². The summed E-state index contributed by atoms with van der Waals surface area (Å²) < 4.78 is 117. The Kier molecular flexibility index (Phi) is 27.6. The van der Waals surface area contributed by atoms with E-state index in [4.69, 9.17) is 0 Å². The maximum Gasteiger partial charge on any atom is 3.00 e. The van der Waals surface area contributed by atoms with Crippen molar-refractivity contribution in [2.45, 2.75) is 51.4 Å². The van der Waals surface area contributed by atoms with Crippen LogP contribution in [0.4, 0.5) is 51.8 Å². The molecule has 0 aromatic rings. The molecule has 0 nitrogen and oxygen atoms in total. The van der Waals surface area contributed by atoms with E-state index in [1.54, 1.807) is 0 Å². The molecule has 0 spiro atoms. The fourth-order valence-corrected chi connectivity index (χ4v) is 1.75. The molecule has 16 heteroatoms. The van der Waals surface area contributed by atoms with Gasteiger partial charge in [0, 0.05) is 0 Å². The summed E-state index contributed by atoms with van der Waals surface area (Å²) in [5.41, 5.74) is 0. The van der Waals surface area contributed by atoms with Gasteiger partial charge in [0.15, 0.2) is 0 Å². The molecule has 2 aliphatic carbocycles. The van der Waals surface area contributed by atoms with Gasteiger partial charge in [0.2, 0.25) is 0 Å². The van der Waals surface area contributed by atoms with Gasteiger partial charge in [-0.1, -0.05) is 48.6 Å². The minimum Gasteiger partial charge on any atom is -0.418 e. The molecule has 0 N–H and O–H groups in total. The summed E-state index contributed by atoms with van der Waals surface area (Å²) in [6.07, 6.45) is 28.0. The van der Waals surface area contributed by atoms with Crippen LogP contribution in [0, 0.1) is 0 Å². The molecule has 32 heavy (non-hydrogen) atoms. The average molecular weight is 580 g/mol. The van der Waals surface area contributed by atoms with Crippen molar-refractivity contribution >= 4 is 21.8 Å². The molecule has 0 aromatic carbocycles. The van der Waals surface area contributed by atoms with Crippen LogP contribution in [0.2, 0.25) is 0 Å². The summed E-state index contributed by atoms with van der Waals surface area (Å²) in [7, 11) is -18.0. The fraction of sp³-hybridized carbons (Fsp3) is 0.500. The SMILES string of the molecule is C1=C\CCCC\C=C/1.C1=C\CCCC\C=C/1.F[B-](F)(F)F.F[B-](F)(F)F.F[B-](F)(F)F.[Rh+3]. The molecule has 0 saturated heterocycles. The Bertz CT molecular complexity index is 409. The number of hydrogen-bond acceptors (Lipinski definition) is 0. The van der Waals surface area contributed by atoms with Crippen molar-refractivity contribution < 1.29 is 71.3 Å². The van der Waals surface area contributed by atoms with Crippen molar-refractivity contribution in [2.75, 3.05) is 0 Å². The van der Waals surface area contributed by atoms with Gasteiger partial charge in [-0.3, -0.25) is 0 Å². The zero-order chi connectivity index (χ0) is 24.8. The third kappa shape index (κ3) is 101. The van der Waals surface area contributed by atoms with E-state index in [1.807, 2.05) is 0 Å². The first kappa shape index (κ1) is 38.2. The predicted molar refractivity (Wildman–Crippen MR) is 104 cm³/mol. The van der Waals surface area contributed by atoms with Crippen LogP contribution in [0.5, 0.6) is 0 Å². The Morgan fingerprint density at radius 3 is 0.594 bits per heavy atom. The summed E-state index contributed by atoms with van der Waals surface area (Å²) in [4.78, 5) is 0. The minimum atomic E-state index is -6.00. The fourth-order valence-electron chi connectivity index (χ4n) is 1.75. The molecule has 0 atom stereocenters. The molecule has 0 saturated carbocycles. The van der Waals surface area contributed by atoms with Gasteiger partial charge in [0.25, 0.3) is 0 Å². The molecule has 0 amide bonds. The monoisotopic (exact) mass is 580 g/mol. The van der Waals surface area contributed by atoms with Gasteiger partial charge >= 0.3 is 41.2 Å². The van der Waals surface area contributed by atoms with E-state index < -0.39 is 21.8 Å². The van der Waals surface area contributed by atoms with Gasteiger partial charge in [-0.05, 0) is 51.4 Å². The maximum absolute atomic E-state index is 9.75. The van der Waals surface area contributed by atoms with Crippen LogP contribution < -0.4 is 0 Å². The molecule has 190 valence electrons. The van der Waals surface area contributed by atoms with Crippen LogP contribution in [-0.4, -0.2) is 21.8 Å². The zero-order valence-corrected chi connectivity index (χ0v) is 18.5. The van der Waals surface area contributed by atoms with Crippen molar-refractivity contribution in [3.8, 4) is 0 Å². The van der Waals surface area contributed by atoms with Crippen LogP contribution in [-0.2, 0) is 19.5 Å². The first-order valence-electron chi connectivity index (χ1n) is 9.25. The van der Waals surface area contributed by atoms with Gasteiger partial charge in [0.05, 0.1) is 0 Å². The Balaban J connectivity index is -0.000000156. The molecular formula is C16H24B3F12Rh. The number of allylic oxidation sites excluding steroid dienone is 8. The van der Waals surface area contributed by atoms with E-state index in [-0.39, 0.29) is 19.5 Å². The molecule has 0 aromatic heterocycles. The Labute approximate surface area is 193 Å². The standard InChI is InChI=1S/2C8H12.3BF4.Rh/c2*1-2-4-6-8-7-5-3-1;3*2-1(3,4)5;/h2*1-4H,5-8H2;;;;/q;;3*-1;+3/b2*3-1-,4-2-;;;;. The van der Waals surface area contributed by atoms with Crippen molar-refractivity contribution in [3.63, 3.8) is 0 Å². The summed E-state index contributed by atoms with van der Waals surface area (Å²) in [5, 5.41) is 0. The molecule has 0 radical (unpaired) electrons. The molecule has 0 fully saturated rings. The smallest absolute Gasteiger partial charge is 0.418 e. The third-order valence-electron chi connectivity index (χ3n) is 2.75. The molecule has 0 aliphatic heterocycles. The third-order valence-corrected chi connectivity index (χ3v) is 2.75. The largest absolute Gasteiger partial charge is 3.00 e. The van der Waals surface area contributed by atoms with E-state index in [2.05, 4.69) is 48.6 Å². The predicted octanol–water partition coefficient (Wildman–Crippen LogP) is 9.24. The molecule has 0 unspecified atom stereocenters. The second-order valence-corrected chi connectivity index (χ2v) is 5.77. The van der Waals surface area contributed by atoms with Crippen LogP contribution in [0.1, 0.15) is 51.4 Å². The maximum atomic E-state index is 9.75. The van der Waals surface area contributed by atoms with E-state index in [1.165, 1.54) is 51.4 Å². The minimum absolute atomic E-state index is 0. The van der Waals surface area contributed by atoms with E-state index >= 15 is 0 Å². The van der Waals surface area contributed by atoms with Gasteiger partial charge in [-0.2, -0.15) is 0 Å². The zero-order valence-electron chi connectivity index (χ0n) is 16.9. The summed E-state index contributed by atoms with van der Waals surface area (Å²) in [6.45, 7) is 0. The summed E-state index contributed by atoms with van der Waals surface area (Å²) >= 11 is 0. The summed E-state index contributed by atoms with van der Waals surface area (Å²) in [5.74, 6) is 0. The van der Waals surface area contributed by atoms with Gasteiger partial charge < -0.3 is 51.8 Å². The number of rotatable bonds is 0. The van der Waals surface area contributed by atoms with Crippen molar-refractivity contribution in [3.05, 3.63) is 48.6 Å². The van der Waals surface area contributed by atoms with Crippen LogP contribution in [0.15, 0.2) is 48.6 Å². The molecule has 0 heterocycles. The van der Waals surface area contributed by atoms with Gasteiger partial charge in [-0.15, -0.1) is 0 Å². The average Bonchev–Trinajstić information content (AvgIpc) is 2.40. The Hall–Kier alpha value is -1.06. The van der Waals surface area contributed by atoms with Crippen molar-refractivity contribution in [1.82, 2.24) is 0 Å². The number of hydrogen-bond donors (Lipinski definition) is 0.